The van der Waals surface area contributed by atoms with Crippen LogP contribution in [0.2, 0.25) is 10.0 Å². The van der Waals surface area contributed by atoms with E-state index in [9.17, 15) is 15.2 Å². The van der Waals surface area contributed by atoms with Gasteiger partial charge in [0.25, 0.3) is 0 Å². The van der Waals surface area contributed by atoms with Crippen molar-refractivity contribution in [3.63, 3.8) is 0 Å². The number of aliphatic hydroxyl groups excluding tert-OH is 1. The van der Waals surface area contributed by atoms with E-state index in [1.165, 1.54) is 24.3 Å². The number of ketones is 1. The van der Waals surface area contributed by atoms with E-state index in [0.717, 1.165) is 6.07 Å². The fourth-order valence-corrected chi connectivity index (χ4v) is 6.86. The topological polar surface area (TPSA) is 91.6 Å². The SMILES string of the molecule is CC(C)(CCO)C[C@@H]1N[C@@H](C(=O)CCC[C@H]2COC(C)(C)O2)[C@H](c2cccc(Cl)c2F)[C@@]1(C#N)c1ccc(Cl)cc1F. The zero-order valence-electron chi connectivity index (χ0n) is 24.4. The number of ether oxygens (including phenoxy) is 2. The summed E-state index contributed by atoms with van der Waals surface area (Å²) in [6.45, 7) is 7.86. The molecule has 0 aliphatic carbocycles. The summed E-state index contributed by atoms with van der Waals surface area (Å²) in [7, 11) is 0. The smallest absolute Gasteiger partial charge is 0.163 e. The van der Waals surface area contributed by atoms with Crippen LogP contribution in [0.25, 0.3) is 0 Å². The Kier molecular flexibility index (Phi) is 10.0. The molecule has 5 atom stereocenters. The molecule has 2 aliphatic rings. The Hall–Kier alpha value is -2.12. The molecule has 0 aromatic heterocycles. The summed E-state index contributed by atoms with van der Waals surface area (Å²) < 4.78 is 43.1. The second-order valence-electron chi connectivity index (χ2n) is 12.6. The Morgan fingerprint density at radius 2 is 1.98 bits per heavy atom. The highest BCUT2D eigenvalue weighted by atomic mass is 35.5. The Morgan fingerprint density at radius 1 is 1.24 bits per heavy atom. The predicted octanol–water partition coefficient (Wildman–Crippen LogP) is 6.85. The van der Waals surface area contributed by atoms with Gasteiger partial charge in [0, 0.05) is 35.6 Å². The molecule has 0 amide bonds. The molecule has 0 spiro atoms. The average Bonchev–Trinajstić information content (AvgIpc) is 3.42. The minimum Gasteiger partial charge on any atom is -0.396 e. The molecule has 228 valence electrons. The molecule has 6 nitrogen and oxygen atoms in total. The Labute approximate surface area is 256 Å². The van der Waals surface area contributed by atoms with Crippen LogP contribution in [0.4, 0.5) is 8.78 Å². The van der Waals surface area contributed by atoms with E-state index < -0.39 is 46.3 Å². The minimum atomic E-state index is -1.71. The highest BCUT2D eigenvalue weighted by molar-refractivity contribution is 6.31. The van der Waals surface area contributed by atoms with Crippen molar-refractivity contribution in [3.8, 4) is 6.07 Å². The monoisotopic (exact) mass is 622 g/mol. The summed E-state index contributed by atoms with van der Waals surface area (Å²) in [5, 5.41) is 24.0. The highest BCUT2D eigenvalue weighted by Gasteiger charge is 2.61. The molecule has 2 aromatic carbocycles. The number of hydrogen-bond donors (Lipinski definition) is 2. The van der Waals surface area contributed by atoms with Gasteiger partial charge in [-0.1, -0.05) is 55.2 Å². The van der Waals surface area contributed by atoms with Crippen molar-refractivity contribution in [1.29, 1.82) is 5.26 Å². The second kappa shape index (κ2) is 12.9. The summed E-state index contributed by atoms with van der Waals surface area (Å²) in [6.07, 6.45) is 1.76. The number of hydrogen-bond acceptors (Lipinski definition) is 6. The van der Waals surface area contributed by atoms with Crippen molar-refractivity contribution < 1.29 is 28.2 Å². The van der Waals surface area contributed by atoms with Gasteiger partial charge in [0.15, 0.2) is 5.79 Å². The maximum atomic E-state index is 15.8. The van der Waals surface area contributed by atoms with Gasteiger partial charge in [-0.15, -0.1) is 0 Å². The molecular weight excluding hydrogens is 585 g/mol. The van der Waals surface area contributed by atoms with Crippen LogP contribution in [0.5, 0.6) is 0 Å². The predicted molar refractivity (Wildman–Crippen MR) is 157 cm³/mol. The quantitative estimate of drug-likeness (QED) is 0.285. The lowest BCUT2D eigenvalue weighted by molar-refractivity contribution is -0.139. The lowest BCUT2D eigenvalue weighted by atomic mass is 9.62. The van der Waals surface area contributed by atoms with Gasteiger partial charge in [0.05, 0.1) is 29.8 Å². The Bertz CT molecular complexity index is 1350. The molecule has 4 rings (SSSR count). The van der Waals surface area contributed by atoms with Gasteiger partial charge in [0.1, 0.15) is 22.8 Å². The van der Waals surface area contributed by atoms with E-state index in [2.05, 4.69) is 11.4 Å². The van der Waals surface area contributed by atoms with Crippen molar-refractivity contribution in [2.24, 2.45) is 5.41 Å². The molecule has 2 fully saturated rings. The summed E-state index contributed by atoms with van der Waals surface area (Å²) in [5.41, 5.74) is -2.13. The van der Waals surface area contributed by atoms with Crippen molar-refractivity contribution >= 4 is 29.0 Å². The van der Waals surface area contributed by atoms with E-state index >= 15 is 8.78 Å². The first-order valence-electron chi connectivity index (χ1n) is 14.3. The molecule has 2 heterocycles. The number of nitrogens with zero attached hydrogens (tertiary/aromatic N) is 1. The van der Waals surface area contributed by atoms with Crippen molar-refractivity contribution in [2.45, 2.75) is 95.1 Å². The van der Waals surface area contributed by atoms with E-state index in [1.807, 2.05) is 27.7 Å². The summed E-state index contributed by atoms with van der Waals surface area (Å²) in [6, 6.07) is 9.07. The van der Waals surface area contributed by atoms with Gasteiger partial charge in [-0.05, 0) is 68.7 Å². The summed E-state index contributed by atoms with van der Waals surface area (Å²) in [4.78, 5) is 14.0. The zero-order chi connectivity index (χ0) is 30.9. The van der Waals surface area contributed by atoms with E-state index in [1.54, 1.807) is 6.07 Å². The number of carbonyl (C=O) groups excluding carboxylic acids is 1. The first-order valence-corrected chi connectivity index (χ1v) is 15.0. The largest absolute Gasteiger partial charge is 0.396 e. The number of nitriles is 1. The van der Waals surface area contributed by atoms with Gasteiger partial charge in [-0.25, -0.2) is 8.78 Å². The summed E-state index contributed by atoms with van der Waals surface area (Å²) >= 11 is 12.3. The number of benzene rings is 2. The molecule has 0 bridgehead atoms. The van der Waals surface area contributed by atoms with Gasteiger partial charge in [-0.3, -0.25) is 4.79 Å². The van der Waals surface area contributed by atoms with Crippen LogP contribution in [0.1, 0.15) is 76.8 Å². The molecule has 2 aromatic rings. The van der Waals surface area contributed by atoms with Crippen LogP contribution < -0.4 is 5.32 Å². The average molecular weight is 624 g/mol. The third-order valence-corrected chi connectivity index (χ3v) is 9.07. The molecule has 2 N–H and O–H groups in total. The van der Waals surface area contributed by atoms with Crippen LogP contribution in [-0.4, -0.2) is 48.1 Å². The molecule has 2 aliphatic heterocycles. The fourth-order valence-electron chi connectivity index (χ4n) is 6.52. The minimum absolute atomic E-state index is 0.0186. The number of aliphatic hydroxyl groups is 1. The van der Waals surface area contributed by atoms with Gasteiger partial charge in [0.2, 0.25) is 0 Å². The van der Waals surface area contributed by atoms with Crippen molar-refractivity contribution in [2.75, 3.05) is 13.2 Å². The van der Waals surface area contributed by atoms with Gasteiger partial charge in [-0.2, -0.15) is 5.26 Å². The van der Waals surface area contributed by atoms with Crippen LogP contribution in [-0.2, 0) is 19.7 Å². The lowest BCUT2D eigenvalue weighted by Crippen LogP contribution is -2.45. The van der Waals surface area contributed by atoms with E-state index in [4.69, 9.17) is 32.7 Å². The maximum Gasteiger partial charge on any atom is 0.163 e. The lowest BCUT2D eigenvalue weighted by Gasteiger charge is -2.38. The highest BCUT2D eigenvalue weighted by Crippen LogP contribution is 2.53. The van der Waals surface area contributed by atoms with Crippen LogP contribution >= 0.6 is 23.2 Å². The summed E-state index contributed by atoms with van der Waals surface area (Å²) in [5.74, 6) is -3.50. The Balaban J connectivity index is 1.80. The number of halogens is 4. The van der Waals surface area contributed by atoms with Crippen molar-refractivity contribution in [1.82, 2.24) is 5.32 Å². The molecule has 42 heavy (non-hydrogen) atoms. The molecule has 0 saturated carbocycles. The first kappa shape index (κ1) is 32.8. The second-order valence-corrected chi connectivity index (χ2v) is 13.4. The van der Waals surface area contributed by atoms with Crippen LogP contribution in [0, 0.1) is 28.4 Å². The molecule has 2 saturated heterocycles. The third kappa shape index (κ3) is 6.67. The molecular formula is C32H38Cl2F2N2O4. The standard InChI is InChI=1S/C32H38Cl2F2N2O4/c1-30(2,13-14-39)16-26-32(18-37,22-12-11-19(33)15-24(22)35)27(21-8-6-9-23(34)28(21)36)29(38-26)25(40)10-5-7-20-17-41-31(3,4)42-20/h6,8-9,11-12,15,20,26-27,29,38-39H,5,7,10,13-14,16-17H2,1-4H3/t20-,26-,27-,29-,32-/m0/s1. The van der Waals surface area contributed by atoms with Crippen LogP contribution in [0.15, 0.2) is 36.4 Å². The normalized spacial score (nSPS) is 27.2. The first-order chi connectivity index (χ1) is 19.7. The van der Waals surface area contributed by atoms with Crippen molar-refractivity contribution in [3.05, 3.63) is 69.2 Å². The zero-order valence-corrected chi connectivity index (χ0v) is 25.9. The van der Waals surface area contributed by atoms with E-state index in [0.29, 0.717) is 32.3 Å². The number of Topliss-reactive ketones (excluding diaryl/α,β-unsaturated/α-hetero) is 1. The number of nitrogens with one attached hydrogen (secondary N) is 1. The van der Waals surface area contributed by atoms with Gasteiger partial charge >= 0.3 is 0 Å². The van der Waals surface area contributed by atoms with Gasteiger partial charge < -0.3 is 19.9 Å². The Morgan fingerprint density at radius 3 is 2.60 bits per heavy atom. The fraction of sp³-hybridized carbons (Fsp3) is 0.562. The molecule has 0 radical (unpaired) electrons. The number of rotatable bonds is 11. The van der Waals surface area contributed by atoms with Crippen LogP contribution in [0.3, 0.4) is 0 Å². The maximum absolute atomic E-state index is 15.8. The third-order valence-electron chi connectivity index (χ3n) is 8.54. The van der Waals surface area contributed by atoms with E-state index in [-0.39, 0.29) is 46.1 Å². The molecule has 0 unspecified atom stereocenters. The number of carbonyl (C=O) groups is 1. The molecule has 10 heteroatoms.